The van der Waals surface area contributed by atoms with Crippen LogP contribution in [0.5, 0.6) is 0 Å². The summed E-state index contributed by atoms with van der Waals surface area (Å²) in [7, 11) is 3.95. The van der Waals surface area contributed by atoms with Crippen molar-refractivity contribution in [2.45, 2.75) is 0 Å². The molecule has 0 N–H and O–H groups in total. The van der Waals surface area contributed by atoms with Crippen molar-refractivity contribution in [3.8, 4) is 11.5 Å². The minimum atomic E-state index is -0.424. The quantitative estimate of drug-likeness (QED) is 0.175. The maximum Gasteiger partial charge on any atom is 0.269 e. The molecule has 1 aliphatic heterocycles. The zero-order chi connectivity index (χ0) is 21.5. The largest absolute Gasteiger partial charge is 0.453 e. The summed E-state index contributed by atoms with van der Waals surface area (Å²) in [6.07, 6.45) is 0. The second kappa shape index (κ2) is 7.21. The molecule has 3 aromatic carbocycles. The van der Waals surface area contributed by atoms with E-state index in [0.717, 1.165) is 27.7 Å². The van der Waals surface area contributed by atoms with Crippen LogP contribution in [0.25, 0.3) is 33.3 Å². The second-order valence-electron chi connectivity index (χ2n) is 7.43. The highest BCUT2D eigenvalue weighted by molar-refractivity contribution is 5.96. The standard InChI is InChI=1S/C24H18N4O3/c1-27(2)17-11-12-20-22(13-17)31-23-14-21(18-5-3-4-6-19(18)24(23)26-20)25-15-7-9-16(10-8-15)28(29)30/h3-14H,1-2H3/b25-21+. The van der Waals surface area contributed by atoms with E-state index in [9.17, 15) is 10.1 Å². The molecule has 1 heterocycles. The number of rotatable bonds is 3. The van der Waals surface area contributed by atoms with Gasteiger partial charge in [0.25, 0.3) is 5.69 Å². The van der Waals surface area contributed by atoms with Gasteiger partial charge in [0, 0.05) is 54.8 Å². The predicted octanol–water partition coefficient (Wildman–Crippen LogP) is 5.29. The van der Waals surface area contributed by atoms with Crippen molar-refractivity contribution in [1.82, 2.24) is 4.98 Å². The number of hydrogen-bond acceptors (Lipinski definition) is 6. The minimum absolute atomic E-state index is 0.0321. The van der Waals surface area contributed by atoms with E-state index in [-0.39, 0.29) is 5.69 Å². The molecule has 0 saturated carbocycles. The highest BCUT2D eigenvalue weighted by atomic mass is 16.6. The summed E-state index contributed by atoms with van der Waals surface area (Å²) >= 11 is 0. The van der Waals surface area contributed by atoms with E-state index in [1.54, 1.807) is 12.1 Å². The summed E-state index contributed by atoms with van der Waals surface area (Å²) < 4.78 is 6.24. The van der Waals surface area contributed by atoms with Gasteiger partial charge in [-0.05, 0) is 24.3 Å². The molecular formula is C24H18N4O3. The van der Waals surface area contributed by atoms with Gasteiger partial charge in [0.1, 0.15) is 11.2 Å². The Morgan fingerprint density at radius 1 is 0.968 bits per heavy atom. The van der Waals surface area contributed by atoms with Gasteiger partial charge in [0.2, 0.25) is 0 Å². The molecule has 0 saturated heterocycles. The van der Waals surface area contributed by atoms with Gasteiger partial charge in [-0.2, -0.15) is 0 Å². The van der Waals surface area contributed by atoms with E-state index in [2.05, 4.69) is 0 Å². The van der Waals surface area contributed by atoms with E-state index >= 15 is 0 Å². The fourth-order valence-corrected chi connectivity index (χ4v) is 3.58. The molecule has 7 heteroatoms. The first kappa shape index (κ1) is 18.7. The number of nitro groups is 1. The SMILES string of the molecule is CN(C)c1ccc2nc3c4ccccc4/c(=N/c4ccc([N+](=O)[O-])cc4)cc-3oc2c1. The average molecular weight is 410 g/mol. The molecule has 0 bridgehead atoms. The summed E-state index contributed by atoms with van der Waals surface area (Å²) in [5, 5.41) is 13.5. The fourth-order valence-electron chi connectivity index (χ4n) is 3.58. The summed E-state index contributed by atoms with van der Waals surface area (Å²) in [6, 6.07) is 21.9. The monoisotopic (exact) mass is 410 g/mol. The Labute approximate surface area is 177 Å². The summed E-state index contributed by atoms with van der Waals surface area (Å²) in [5.74, 6) is 0.628. The highest BCUT2D eigenvalue weighted by Gasteiger charge is 2.15. The van der Waals surface area contributed by atoms with Crippen LogP contribution in [0.1, 0.15) is 0 Å². The summed E-state index contributed by atoms with van der Waals surface area (Å²) in [6.45, 7) is 0. The van der Waals surface area contributed by atoms with E-state index in [4.69, 9.17) is 14.4 Å². The Kier molecular flexibility index (Phi) is 4.36. The fraction of sp³-hybridized carbons (Fsp3) is 0.0833. The van der Waals surface area contributed by atoms with Crippen molar-refractivity contribution in [1.29, 1.82) is 0 Å². The van der Waals surface area contributed by atoms with Crippen LogP contribution in [-0.2, 0) is 0 Å². The van der Waals surface area contributed by atoms with Crippen LogP contribution < -0.4 is 10.3 Å². The molecule has 7 nitrogen and oxygen atoms in total. The third-order valence-corrected chi connectivity index (χ3v) is 5.18. The number of non-ortho nitro benzene ring substituents is 1. The van der Waals surface area contributed by atoms with Crippen LogP contribution in [0.4, 0.5) is 17.1 Å². The summed E-state index contributed by atoms with van der Waals surface area (Å²) in [4.78, 5) is 22.1. The molecule has 0 fully saturated rings. The molecular weight excluding hydrogens is 392 g/mol. The zero-order valence-electron chi connectivity index (χ0n) is 16.9. The lowest BCUT2D eigenvalue weighted by Crippen LogP contribution is -2.08. The number of aromatic nitrogens is 1. The molecule has 5 rings (SSSR count). The minimum Gasteiger partial charge on any atom is -0.453 e. The van der Waals surface area contributed by atoms with Crippen molar-refractivity contribution in [3.63, 3.8) is 0 Å². The smallest absolute Gasteiger partial charge is 0.269 e. The molecule has 0 amide bonds. The Morgan fingerprint density at radius 2 is 1.71 bits per heavy atom. The van der Waals surface area contributed by atoms with Gasteiger partial charge in [-0.1, -0.05) is 24.3 Å². The Hall–Kier alpha value is -4.26. The van der Waals surface area contributed by atoms with Gasteiger partial charge in [-0.3, -0.25) is 10.1 Å². The first-order valence-electron chi connectivity index (χ1n) is 9.72. The van der Waals surface area contributed by atoms with E-state index < -0.39 is 4.92 Å². The maximum atomic E-state index is 10.9. The molecule has 31 heavy (non-hydrogen) atoms. The molecule has 152 valence electrons. The van der Waals surface area contributed by atoms with Crippen molar-refractivity contribution in [3.05, 3.63) is 88.3 Å². The third-order valence-electron chi connectivity index (χ3n) is 5.18. The zero-order valence-corrected chi connectivity index (χ0v) is 16.9. The molecule has 0 unspecified atom stereocenters. The molecule has 0 atom stereocenters. The highest BCUT2D eigenvalue weighted by Crippen LogP contribution is 2.31. The van der Waals surface area contributed by atoms with E-state index in [1.165, 1.54) is 12.1 Å². The van der Waals surface area contributed by atoms with Gasteiger partial charge in [0.15, 0.2) is 11.3 Å². The van der Waals surface area contributed by atoms with Gasteiger partial charge in [-0.15, -0.1) is 0 Å². The van der Waals surface area contributed by atoms with Crippen molar-refractivity contribution >= 4 is 38.9 Å². The van der Waals surface area contributed by atoms with Crippen molar-refractivity contribution in [2.75, 3.05) is 19.0 Å². The summed E-state index contributed by atoms with van der Waals surface area (Å²) in [5.41, 5.74) is 3.92. The van der Waals surface area contributed by atoms with E-state index in [0.29, 0.717) is 22.4 Å². The molecule has 1 aliphatic carbocycles. The van der Waals surface area contributed by atoms with Crippen LogP contribution in [0.2, 0.25) is 0 Å². The maximum absolute atomic E-state index is 10.9. The van der Waals surface area contributed by atoms with Crippen molar-refractivity contribution < 1.29 is 9.34 Å². The average Bonchev–Trinajstić information content (AvgIpc) is 2.78. The van der Waals surface area contributed by atoms with Gasteiger partial charge >= 0.3 is 0 Å². The number of benzene rings is 4. The van der Waals surface area contributed by atoms with Gasteiger partial charge in [-0.25, -0.2) is 9.98 Å². The third kappa shape index (κ3) is 3.36. The number of nitrogens with zero attached hydrogens (tertiary/aromatic N) is 4. The number of nitro benzene ring substituents is 1. The van der Waals surface area contributed by atoms with Crippen LogP contribution >= 0.6 is 0 Å². The van der Waals surface area contributed by atoms with Crippen LogP contribution in [0.3, 0.4) is 0 Å². The predicted molar refractivity (Wildman–Crippen MR) is 121 cm³/mol. The van der Waals surface area contributed by atoms with Gasteiger partial charge in [0.05, 0.1) is 16.0 Å². The topological polar surface area (TPSA) is 84.8 Å². The molecule has 3 aromatic rings. The first-order valence-corrected chi connectivity index (χ1v) is 9.72. The first-order chi connectivity index (χ1) is 15.0. The van der Waals surface area contributed by atoms with Crippen LogP contribution in [0.15, 0.2) is 82.2 Å². The number of hydrogen-bond donors (Lipinski definition) is 0. The lowest BCUT2D eigenvalue weighted by atomic mass is 10.0. The van der Waals surface area contributed by atoms with Crippen LogP contribution in [-0.4, -0.2) is 24.0 Å². The Bertz CT molecular complexity index is 1490. The molecule has 0 radical (unpaired) electrons. The van der Waals surface area contributed by atoms with E-state index in [1.807, 2.05) is 67.5 Å². The molecule has 0 aromatic heterocycles. The van der Waals surface area contributed by atoms with Crippen LogP contribution in [0, 0.1) is 10.1 Å². The molecule has 0 spiro atoms. The lowest BCUT2D eigenvalue weighted by molar-refractivity contribution is -0.384. The number of fused-ring (bicyclic) bond motifs is 4. The Morgan fingerprint density at radius 3 is 2.42 bits per heavy atom. The lowest BCUT2D eigenvalue weighted by Gasteiger charge is -2.14. The van der Waals surface area contributed by atoms with Gasteiger partial charge < -0.3 is 9.32 Å². The van der Waals surface area contributed by atoms with Crippen molar-refractivity contribution in [2.24, 2.45) is 4.99 Å². The Balaban J connectivity index is 1.78. The second-order valence-corrected chi connectivity index (χ2v) is 7.43. The molecule has 2 aliphatic rings. The normalized spacial score (nSPS) is 12.0. The number of anilines is 1.